The van der Waals surface area contributed by atoms with E-state index in [1.807, 2.05) is 19.1 Å². The van der Waals surface area contributed by atoms with Gasteiger partial charge in [0.15, 0.2) is 0 Å². The molecule has 0 amide bonds. The Kier molecular flexibility index (Phi) is 4.71. The highest BCUT2D eigenvalue weighted by Crippen LogP contribution is 2.21. The van der Waals surface area contributed by atoms with Crippen molar-refractivity contribution in [3.05, 3.63) is 28.0 Å². The summed E-state index contributed by atoms with van der Waals surface area (Å²) in [6.45, 7) is 2.49. The Bertz CT molecular complexity index is 343. The number of rotatable bonds is 5. The molecule has 0 spiro atoms. The summed E-state index contributed by atoms with van der Waals surface area (Å²) in [4.78, 5) is 14.3. The number of ether oxygens (including phenoxy) is 2. The quantitative estimate of drug-likeness (QED) is 0.608. The number of carbonyl (C=O) groups is 1. The Labute approximate surface area is 96.7 Å². The summed E-state index contributed by atoms with van der Waals surface area (Å²) in [5.41, 5.74) is 1.77. The van der Waals surface area contributed by atoms with Crippen LogP contribution in [0, 0.1) is 6.92 Å². The van der Waals surface area contributed by atoms with Crippen LogP contribution in [0.4, 0.5) is 0 Å². The molecule has 1 atom stereocenters. The van der Waals surface area contributed by atoms with Gasteiger partial charge in [-0.25, -0.2) is 4.98 Å². The van der Waals surface area contributed by atoms with Gasteiger partial charge in [0.1, 0.15) is 17.3 Å². The second-order valence-electron chi connectivity index (χ2n) is 2.96. The molecule has 1 aromatic rings. The van der Waals surface area contributed by atoms with E-state index in [2.05, 4.69) is 25.7 Å². The molecule has 0 radical (unpaired) electrons. The second-order valence-corrected chi connectivity index (χ2v) is 3.77. The maximum absolute atomic E-state index is 10.1. The first kappa shape index (κ1) is 12.1. The first-order valence-electron chi connectivity index (χ1n) is 4.40. The van der Waals surface area contributed by atoms with E-state index in [1.54, 1.807) is 7.11 Å². The Balaban J connectivity index is 2.86. The zero-order valence-electron chi connectivity index (χ0n) is 8.57. The summed E-state index contributed by atoms with van der Waals surface area (Å²) in [6, 6.07) is 3.73. The van der Waals surface area contributed by atoms with E-state index in [1.165, 1.54) is 0 Å². The van der Waals surface area contributed by atoms with Gasteiger partial charge in [0.05, 0.1) is 0 Å². The highest BCUT2D eigenvalue weighted by molar-refractivity contribution is 9.10. The molecule has 15 heavy (non-hydrogen) atoms. The summed E-state index contributed by atoms with van der Waals surface area (Å²) >= 11 is 3.28. The number of hydrogen-bond acceptors (Lipinski definition) is 4. The number of aromatic nitrogens is 1. The minimum Gasteiger partial charge on any atom is -0.465 e. The maximum atomic E-state index is 10.1. The number of aryl methyl sites for hydroxylation is 1. The fourth-order valence-electron chi connectivity index (χ4n) is 1.29. The van der Waals surface area contributed by atoms with Crippen LogP contribution >= 0.6 is 15.9 Å². The predicted octanol–water partition coefficient (Wildman–Crippen LogP) is 2.01. The highest BCUT2D eigenvalue weighted by Gasteiger charge is 2.14. The van der Waals surface area contributed by atoms with E-state index in [4.69, 9.17) is 4.74 Å². The molecule has 0 N–H and O–H groups in total. The van der Waals surface area contributed by atoms with E-state index in [0.29, 0.717) is 6.47 Å². The zero-order chi connectivity index (χ0) is 11.3. The van der Waals surface area contributed by atoms with Crippen molar-refractivity contribution < 1.29 is 14.3 Å². The average Bonchev–Trinajstić information content (AvgIpc) is 2.21. The predicted molar refractivity (Wildman–Crippen MR) is 58.4 cm³/mol. The van der Waals surface area contributed by atoms with Crippen LogP contribution in [-0.4, -0.2) is 25.2 Å². The largest absolute Gasteiger partial charge is 0.465 e. The number of carbonyl (C=O) groups excluding carboxylic acids is 1. The molecule has 0 saturated carbocycles. The van der Waals surface area contributed by atoms with Gasteiger partial charge in [0, 0.05) is 18.4 Å². The van der Waals surface area contributed by atoms with Gasteiger partial charge in [-0.15, -0.1) is 0 Å². The van der Waals surface area contributed by atoms with Crippen molar-refractivity contribution in [2.45, 2.75) is 13.0 Å². The molecule has 0 aliphatic rings. The molecule has 0 aliphatic carbocycles. The molecule has 82 valence electrons. The van der Waals surface area contributed by atoms with E-state index < -0.39 is 0 Å². The smallest absolute Gasteiger partial charge is 0.293 e. The minimum absolute atomic E-state index is 0.199. The second kappa shape index (κ2) is 5.82. The van der Waals surface area contributed by atoms with Crippen LogP contribution in [0.3, 0.4) is 0 Å². The lowest BCUT2D eigenvalue weighted by atomic mass is 10.1. The molecule has 0 saturated heterocycles. The number of halogens is 1. The van der Waals surface area contributed by atoms with Crippen molar-refractivity contribution in [3.63, 3.8) is 0 Å². The lowest BCUT2D eigenvalue weighted by molar-refractivity contribution is -0.132. The van der Waals surface area contributed by atoms with Gasteiger partial charge in [-0.2, -0.15) is 0 Å². The Hall–Kier alpha value is -0.940. The Morgan fingerprint density at radius 2 is 2.33 bits per heavy atom. The summed E-state index contributed by atoms with van der Waals surface area (Å²) in [7, 11) is 1.57. The van der Waals surface area contributed by atoms with Gasteiger partial charge in [-0.1, -0.05) is 6.07 Å². The third-order valence-corrected chi connectivity index (χ3v) is 2.48. The maximum Gasteiger partial charge on any atom is 0.293 e. The van der Waals surface area contributed by atoms with Crippen LogP contribution in [-0.2, 0) is 14.3 Å². The first-order valence-corrected chi connectivity index (χ1v) is 5.19. The van der Waals surface area contributed by atoms with Crippen molar-refractivity contribution in [1.82, 2.24) is 4.98 Å². The fraction of sp³-hybridized carbons (Fsp3) is 0.400. The molecule has 0 aliphatic heterocycles. The van der Waals surface area contributed by atoms with Crippen molar-refractivity contribution in [3.8, 4) is 0 Å². The van der Waals surface area contributed by atoms with Crippen LogP contribution in [0.2, 0.25) is 0 Å². The number of nitrogens with zero attached hydrogens (tertiary/aromatic N) is 1. The molecule has 0 fully saturated rings. The third kappa shape index (κ3) is 3.28. The van der Waals surface area contributed by atoms with Gasteiger partial charge in [0.25, 0.3) is 6.47 Å². The topological polar surface area (TPSA) is 48.4 Å². The van der Waals surface area contributed by atoms with Crippen LogP contribution in [0.5, 0.6) is 0 Å². The average molecular weight is 274 g/mol. The van der Waals surface area contributed by atoms with Gasteiger partial charge in [0.2, 0.25) is 0 Å². The SMILES string of the molecule is COC(COC=O)c1ccc(Br)nc1C. The third-order valence-electron chi connectivity index (χ3n) is 2.04. The van der Waals surface area contributed by atoms with Gasteiger partial charge in [-0.05, 0) is 28.9 Å². The zero-order valence-corrected chi connectivity index (χ0v) is 10.2. The molecule has 0 bridgehead atoms. The highest BCUT2D eigenvalue weighted by atomic mass is 79.9. The normalized spacial score (nSPS) is 12.2. The van der Waals surface area contributed by atoms with Gasteiger partial charge >= 0.3 is 0 Å². The fourth-order valence-corrected chi connectivity index (χ4v) is 1.69. The Morgan fingerprint density at radius 3 is 2.87 bits per heavy atom. The van der Waals surface area contributed by atoms with Gasteiger partial charge in [-0.3, -0.25) is 4.79 Å². The number of pyridine rings is 1. The van der Waals surface area contributed by atoms with Crippen LogP contribution in [0.25, 0.3) is 0 Å². The minimum atomic E-state index is -0.268. The molecule has 1 unspecified atom stereocenters. The molecular weight excluding hydrogens is 262 g/mol. The van der Waals surface area contributed by atoms with E-state index in [-0.39, 0.29) is 12.7 Å². The van der Waals surface area contributed by atoms with Crippen molar-refractivity contribution >= 4 is 22.4 Å². The van der Waals surface area contributed by atoms with E-state index in [9.17, 15) is 4.79 Å². The number of hydrogen-bond donors (Lipinski definition) is 0. The Morgan fingerprint density at radius 1 is 1.60 bits per heavy atom. The summed E-state index contributed by atoms with van der Waals surface area (Å²) in [5, 5.41) is 0. The standard InChI is InChI=1S/C10H12BrNO3/c1-7-8(3-4-10(11)12-7)9(14-2)5-15-6-13/h3-4,6,9H,5H2,1-2H3. The molecule has 0 aromatic carbocycles. The van der Waals surface area contributed by atoms with E-state index >= 15 is 0 Å². The van der Waals surface area contributed by atoms with E-state index in [0.717, 1.165) is 15.9 Å². The summed E-state index contributed by atoms with van der Waals surface area (Å²) in [5.74, 6) is 0. The molecule has 1 aromatic heterocycles. The first-order chi connectivity index (χ1) is 7.19. The van der Waals surface area contributed by atoms with Crippen molar-refractivity contribution in [2.75, 3.05) is 13.7 Å². The number of methoxy groups -OCH3 is 1. The van der Waals surface area contributed by atoms with Crippen LogP contribution in [0.15, 0.2) is 16.7 Å². The van der Waals surface area contributed by atoms with Crippen molar-refractivity contribution in [2.24, 2.45) is 0 Å². The van der Waals surface area contributed by atoms with Crippen LogP contribution < -0.4 is 0 Å². The van der Waals surface area contributed by atoms with Crippen LogP contribution in [0.1, 0.15) is 17.4 Å². The monoisotopic (exact) mass is 273 g/mol. The molecule has 1 rings (SSSR count). The summed E-state index contributed by atoms with van der Waals surface area (Å²) < 4.78 is 10.7. The lowest BCUT2D eigenvalue weighted by Crippen LogP contribution is -2.11. The molecule has 5 heteroatoms. The summed E-state index contributed by atoms with van der Waals surface area (Å²) in [6.07, 6.45) is -0.268. The molecular formula is C10H12BrNO3. The lowest BCUT2D eigenvalue weighted by Gasteiger charge is -2.16. The van der Waals surface area contributed by atoms with Crippen molar-refractivity contribution in [1.29, 1.82) is 0 Å². The molecule has 1 heterocycles. The molecule has 4 nitrogen and oxygen atoms in total. The van der Waals surface area contributed by atoms with Gasteiger partial charge < -0.3 is 9.47 Å².